The SMILES string of the molecule is CCOC(=O)C(C)(C)OCc1ccc(OC)cc1. The van der Waals surface area contributed by atoms with Gasteiger partial charge in [-0.25, -0.2) is 4.79 Å². The molecule has 0 aliphatic rings. The zero-order valence-electron chi connectivity index (χ0n) is 11.4. The molecular weight excluding hydrogens is 232 g/mol. The van der Waals surface area contributed by atoms with Crippen molar-refractivity contribution in [1.82, 2.24) is 0 Å². The minimum atomic E-state index is -0.935. The van der Waals surface area contributed by atoms with E-state index in [0.29, 0.717) is 13.2 Å². The average Bonchev–Trinajstić information content (AvgIpc) is 2.37. The molecule has 18 heavy (non-hydrogen) atoms. The molecule has 100 valence electrons. The molecule has 0 heterocycles. The second-order valence-corrected chi connectivity index (χ2v) is 4.37. The summed E-state index contributed by atoms with van der Waals surface area (Å²) in [6.45, 7) is 5.89. The number of rotatable bonds is 6. The quantitative estimate of drug-likeness (QED) is 0.730. The highest BCUT2D eigenvalue weighted by atomic mass is 16.6. The maximum Gasteiger partial charge on any atom is 0.337 e. The largest absolute Gasteiger partial charge is 0.497 e. The summed E-state index contributed by atoms with van der Waals surface area (Å²) >= 11 is 0. The first-order valence-electron chi connectivity index (χ1n) is 5.93. The molecule has 0 spiro atoms. The molecule has 0 atom stereocenters. The van der Waals surface area contributed by atoms with Gasteiger partial charge in [-0.15, -0.1) is 0 Å². The topological polar surface area (TPSA) is 44.8 Å². The van der Waals surface area contributed by atoms with Crippen LogP contribution in [0.3, 0.4) is 0 Å². The van der Waals surface area contributed by atoms with E-state index in [1.54, 1.807) is 27.9 Å². The summed E-state index contributed by atoms with van der Waals surface area (Å²) in [4.78, 5) is 11.6. The standard InChI is InChI=1S/C14H20O4/c1-5-17-13(15)14(2,3)18-10-11-6-8-12(16-4)9-7-11/h6-9H,5,10H2,1-4H3. The first-order valence-corrected chi connectivity index (χ1v) is 5.93. The van der Waals surface area contributed by atoms with Gasteiger partial charge in [0.1, 0.15) is 5.75 Å². The van der Waals surface area contributed by atoms with Crippen LogP contribution in [0.4, 0.5) is 0 Å². The van der Waals surface area contributed by atoms with Crippen LogP contribution in [0.1, 0.15) is 26.3 Å². The van der Waals surface area contributed by atoms with Crippen LogP contribution in [0, 0.1) is 0 Å². The molecule has 0 saturated heterocycles. The van der Waals surface area contributed by atoms with Gasteiger partial charge in [-0.1, -0.05) is 12.1 Å². The van der Waals surface area contributed by atoms with Gasteiger partial charge in [-0.3, -0.25) is 0 Å². The van der Waals surface area contributed by atoms with Crippen molar-refractivity contribution in [1.29, 1.82) is 0 Å². The molecule has 0 aliphatic heterocycles. The highest BCUT2D eigenvalue weighted by Crippen LogP contribution is 2.17. The van der Waals surface area contributed by atoms with Gasteiger partial charge in [-0.2, -0.15) is 0 Å². The Hall–Kier alpha value is -1.55. The highest BCUT2D eigenvalue weighted by molar-refractivity contribution is 5.78. The van der Waals surface area contributed by atoms with Crippen LogP contribution in [0.2, 0.25) is 0 Å². The van der Waals surface area contributed by atoms with Crippen molar-refractivity contribution in [2.45, 2.75) is 33.0 Å². The van der Waals surface area contributed by atoms with E-state index in [0.717, 1.165) is 11.3 Å². The van der Waals surface area contributed by atoms with E-state index in [1.807, 2.05) is 24.3 Å². The van der Waals surface area contributed by atoms with Gasteiger partial charge >= 0.3 is 5.97 Å². The predicted octanol–water partition coefficient (Wildman–Crippen LogP) is 2.55. The van der Waals surface area contributed by atoms with Crippen LogP contribution in [-0.2, 0) is 20.9 Å². The van der Waals surface area contributed by atoms with Gasteiger partial charge in [-0.05, 0) is 38.5 Å². The van der Waals surface area contributed by atoms with Crippen molar-refractivity contribution in [2.24, 2.45) is 0 Å². The molecule has 0 fully saturated rings. The molecule has 0 unspecified atom stereocenters. The van der Waals surface area contributed by atoms with Gasteiger partial charge in [0.2, 0.25) is 0 Å². The van der Waals surface area contributed by atoms with E-state index < -0.39 is 5.60 Å². The monoisotopic (exact) mass is 252 g/mol. The summed E-state index contributed by atoms with van der Waals surface area (Å²) in [5, 5.41) is 0. The number of esters is 1. The van der Waals surface area contributed by atoms with Gasteiger partial charge in [0, 0.05) is 0 Å². The number of methoxy groups -OCH3 is 1. The fourth-order valence-corrected chi connectivity index (χ4v) is 1.35. The molecule has 1 rings (SSSR count). The predicted molar refractivity (Wildman–Crippen MR) is 68.5 cm³/mol. The van der Waals surface area contributed by atoms with Crippen LogP contribution in [0.5, 0.6) is 5.75 Å². The Labute approximate surface area is 108 Å². The second kappa shape index (κ2) is 6.40. The fourth-order valence-electron chi connectivity index (χ4n) is 1.35. The third kappa shape index (κ3) is 4.04. The van der Waals surface area contributed by atoms with E-state index in [-0.39, 0.29) is 5.97 Å². The van der Waals surface area contributed by atoms with Crippen LogP contribution < -0.4 is 4.74 Å². The van der Waals surface area contributed by atoms with E-state index in [4.69, 9.17) is 14.2 Å². The Morgan fingerprint density at radius 3 is 2.33 bits per heavy atom. The highest BCUT2D eigenvalue weighted by Gasteiger charge is 2.29. The van der Waals surface area contributed by atoms with E-state index in [1.165, 1.54) is 0 Å². The van der Waals surface area contributed by atoms with E-state index in [9.17, 15) is 4.79 Å². The number of hydrogen-bond acceptors (Lipinski definition) is 4. The Balaban J connectivity index is 2.55. The van der Waals surface area contributed by atoms with E-state index >= 15 is 0 Å². The Morgan fingerprint density at radius 1 is 1.22 bits per heavy atom. The fraction of sp³-hybridized carbons (Fsp3) is 0.500. The van der Waals surface area contributed by atoms with Crippen LogP contribution in [0.25, 0.3) is 0 Å². The number of hydrogen-bond donors (Lipinski definition) is 0. The summed E-state index contributed by atoms with van der Waals surface area (Å²) in [6.07, 6.45) is 0. The van der Waals surface area contributed by atoms with E-state index in [2.05, 4.69) is 0 Å². The minimum absolute atomic E-state index is 0.349. The number of benzene rings is 1. The first kappa shape index (κ1) is 14.5. The third-order valence-electron chi connectivity index (χ3n) is 2.53. The zero-order valence-corrected chi connectivity index (χ0v) is 11.4. The molecule has 1 aromatic carbocycles. The molecule has 1 aromatic rings. The van der Waals surface area contributed by atoms with Crippen molar-refractivity contribution >= 4 is 5.97 Å². The summed E-state index contributed by atoms with van der Waals surface area (Å²) in [7, 11) is 1.62. The Kier molecular flexibility index (Phi) is 5.16. The van der Waals surface area contributed by atoms with Crippen molar-refractivity contribution in [2.75, 3.05) is 13.7 Å². The van der Waals surface area contributed by atoms with Crippen molar-refractivity contribution in [3.8, 4) is 5.75 Å². The lowest BCUT2D eigenvalue weighted by Crippen LogP contribution is -2.36. The smallest absolute Gasteiger partial charge is 0.337 e. The first-order chi connectivity index (χ1) is 8.49. The Morgan fingerprint density at radius 2 is 1.83 bits per heavy atom. The molecule has 4 heteroatoms. The molecule has 0 saturated carbocycles. The molecule has 0 aliphatic carbocycles. The zero-order chi connectivity index (χ0) is 13.6. The van der Waals surface area contributed by atoms with Crippen molar-refractivity contribution in [3.63, 3.8) is 0 Å². The van der Waals surface area contributed by atoms with Crippen LogP contribution in [0.15, 0.2) is 24.3 Å². The molecule has 0 amide bonds. The lowest BCUT2D eigenvalue weighted by Gasteiger charge is -2.22. The second-order valence-electron chi connectivity index (χ2n) is 4.37. The van der Waals surface area contributed by atoms with Gasteiger partial charge in [0.05, 0.1) is 20.3 Å². The molecule has 0 N–H and O–H groups in total. The third-order valence-corrected chi connectivity index (χ3v) is 2.53. The normalized spacial score (nSPS) is 11.1. The van der Waals surface area contributed by atoms with Crippen molar-refractivity contribution < 1.29 is 19.0 Å². The molecule has 4 nitrogen and oxygen atoms in total. The van der Waals surface area contributed by atoms with Gasteiger partial charge in [0.15, 0.2) is 5.60 Å². The van der Waals surface area contributed by atoms with Crippen molar-refractivity contribution in [3.05, 3.63) is 29.8 Å². The molecule has 0 radical (unpaired) electrons. The van der Waals surface area contributed by atoms with Gasteiger partial charge in [0.25, 0.3) is 0 Å². The minimum Gasteiger partial charge on any atom is -0.497 e. The summed E-state index contributed by atoms with van der Waals surface area (Å²) in [5.41, 5.74) is 0.0452. The Bertz CT molecular complexity index is 381. The summed E-state index contributed by atoms with van der Waals surface area (Å²) in [6, 6.07) is 7.52. The lowest BCUT2D eigenvalue weighted by molar-refractivity contribution is -0.169. The van der Waals surface area contributed by atoms with Crippen LogP contribution >= 0.6 is 0 Å². The number of carbonyl (C=O) groups excluding carboxylic acids is 1. The lowest BCUT2D eigenvalue weighted by atomic mass is 10.1. The maximum atomic E-state index is 11.6. The summed E-state index contributed by atoms with van der Waals surface area (Å²) < 4.78 is 15.6. The van der Waals surface area contributed by atoms with Crippen LogP contribution in [-0.4, -0.2) is 25.3 Å². The number of carbonyl (C=O) groups is 1. The van der Waals surface area contributed by atoms with Gasteiger partial charge < -0.3 is 14.2 Å². The molecule has 0 aromatic heterocycles. The average molecular weight is 252 g/mol. The maximum absolute atomic E-state index is 11.6. The molecule has 0 bridgehead atoms. The molecular formula is C14H20O4. The number of ether oxygens (including phenoxy) is 3. The summed E-state index contributed by atoms with van der Waals surface area (Å²) in [5.74, 6) is 0.446.